The monoisotopic (exact) mass is 458 g/mol. The fraction of sp³-hybridized carbons (Fsp3) is 0.417. The normalized spacial score (nSPS) is 20.7. The lowest BCUT2D eigenvalue weighted by molar-refractivity contribution is -0.121. The lowest BCUT2D eigenvalue weighted by atomic mass is 9.95. The van der Waals surface area contributed by atoms with Crippen molar-refractivity contribution >= 4 is 40.6 Å². The molecule has 0 saturated carbocycles. The Morgan fingerprint density at radius 1 is 1.03 bits per heavy atom. The van der Waals surface area contributed by atoms with Crippen molar-refractivity contribution in [2.24, 2.45) is 0 Å². The van der Waals surface area contributed by atoms with Crippen molar-refractivity contribution in [3.8, 4) is 0 Å². The Morgan fingerprint density at radius 2 is 1.66 bits per heavy atom. The molecule has 170 valence electrons. The predicted octanol–water partition coefficient (Wildman–Crippen LogP) is 4.99. The van der Waals surface area contributed by atoms with Crippen LogP contribution in [0.3, 0.4) is 0 Å². The third-order valence-electron chi connectivity index (χ3n) is 6.18. The van der Waals surface area contributed by atoms with Gasteiger partial charge >= 0.3 is 6.03 Å². The summed E-state index contributed by atoms with van der Waals surface area (Å²) in [6, 6.07) is 13.6. The van der Waals surface area contributed by atoms with Crippen molar-refractivity contribution in [3.63, 3.8) is 0 Å². The van der Waals surface area contributed by atoms with Crippen molar-refractivity contribution in [1.82, 2.24) is 5.32 Å². The number of nitrogens with one attached hydrogen (secondary N) is 2. The first-order valence-corrected chi connectivity index (χ1v) is 11.4. The van der Waals surface area contributed by atoms with Gasteiger partial charge in [-0.1, -0.05) is 11.6 Å². The third-order valence-corrected chi connectivity index (χ3v) is 6.43. The minimum Gasteiger partial charge on any atom is -0.371 e. The van der Waals surface area contributed by atoms with E-state index in [1.807, 2.05) is 24.3 Å². The van der Waals surface area contributed by atoms with Gasteiger partial charge in [-0.2, -0.15) is 0 Å². The van der Waals surface area contributed by atoms with E-state index in [4.69, 9.17) is 11.6 Å². The minimum atomic E-state index is -1.08. The molecule has 0 spiro atoms. The van der Waals surface area contributed by atoms with Crippen LogP contribution in [0.1, 0.15) is 32.6 Å². The Labute approximate surface area is 192 Å². The molecule has 2 saturated heterocycles. The number of nitrogens with zero attached hydrogens (tertiary/aromatic N) is 2. The van der Waals surface area contributed by atoms with Crippen molar-refractivity contribution in [2.75, 3.05) is 34.8 Å². The largest absolute Gasteiger partial charge is 0.371 e. The zero-order valence-electron chi connectivity index (χ0n) is 18.1. The van der Waals surface area contributed by atoms with Crippen LogP contribution < -0.4 is 20.4 Å². The smallest absolute Gasteiger partial charge is 0.319 e. The fourth-order valence-electron chi connectivity index (χ4n) is 4.20. The maximum Gasteiger partial charge on any atom is 0.319 e. The van der Waals surface area contributed by atoms with Crippen LogP contribution in [0.2, 0.25) is 5.02 Å². The number of amides is 3. The summed E-state index contributed by atoms with van der Waals surface area (Å²) in [6.07, 6.45) is 2.42. The molecule has 2 heterocycles. The molecule has 3 amide bonds. The second-order valence-electron chi connectivity index (χ2n) is 8.71. The lowest BCUT2D eigenvalue weighted by Gasteiger charge is -2.36. The fourth-order valence-corrected chi connectivity index (χ4v) is 4.32. The number of carbonyl (C=O) groups is 2. The van der Waals surface area contributed by atoms with Crippen LogP contribution >= 0.6 is 11.6 Å². The van der Waals surface area contributed by atoms with E-state index >= 15 is 0 Å². The number of anilines is 3. The van der Waals surface area contributed by atoms with Gasteiger partial charge in [0.25, 0.3) is 0 Å². The summed E-state index contributed by atoms with van der Waals surface area (Å²) >= 11 is 5.87. The zero-order valence-corrected chi connectivity index (χ0v) is 18.9. The maximum atomic E-state index is 14.1. The predicted molar refractivity (Wildman–Crippen MR) is 126 cm³/mol. The van der Waals surface area contributed by atoms with Gasteiger partial charge in [0.2, 0.25) is 5.91 Å². The molecule has 0 unspecified atom stereocenters. The van der Waals surface area contributed by atoms with E-state index in [2.05, 4.69) is 15.5 Å². The van der Waals surface area contributed by atoms with Crippen LogP contribution in [-0.2, 0) is 4.79 Å². The lowest BCUT2D eigenvalue weighted by Crippen LogP contribution is -2.53. The highest BCUT2D eigenvalue weighted by atomic mass is 35.5. The molecule has 2 aromatic carbocycles. The molecular weight excluding hydrogens is 431 g/mol. The Bertz CT molecular complexity index is 955. The van der Waals surface area contributed by atoms with Crippen molar-refractivity contribution in [3.05, 3.63) is 53.6 Å². The molecule has 2 N–H and O–H groups in total. The molecule has 0 bridgehead atoms. The first kappa shape index (κ1) is 22.4. The molecule has 8 heteroatoms. The molecule has 4 rings (SSSR count). The SMILES string of the molecule is CC1(F)CCN(c2ccc(N3CCC[C@@H](NC(=O)Nc4ccc(Cl)cc4)C3=O)cc2)CC1. The average molecular weight is 459 g/mol. The van der Waals surface area contributed by atoms with E-state index in [0.717, 1.165) is 17.8 Å². The molecule has 2 aliphatic heterocycles. The molecule has 6 nitrogen and oxygen atoms in total. The number of urea groups is 1. The van der Waals surface area contributed by atoms with Crippen LogP contribution in [0.15, 0.2) is 48.5 Å². The molecule has 2 aliphatic rings. The number of hydrogen-bond acceptors (Lipinski definition) is 3. The molecule has 0 aromatic heterocycles. The number of piperidine rings is 2. The van der Waals surface area contributed by atoms with E-state index in [9.17, 15) is 14.0 Å². The van der Waals surface area contributed by atoms with Gasteiger partial charge in [-0.3, -0.25) is 4.79 Å². The van der Waals surface area contributed by atoms with E-state index in [1.54, 1.807) is 36.1 Å². The topological polar surface area (TPSA) is 64.7 Å². The van der Waals surface area contributed by atoms with E-state index < -0.39 is 17.7 Å². The van der Waals surface area contributed by atoms with Crippen molar-refractivity contribution in [1.29, 1.82) is 0 Å². The number of benzene rings is 2. The summed E-state index contributed by atoms with van der Waals surface area (Å²) in [4.78, 5) is 29.3. The standard InChI is InChI=1S/C24H28ClFN4O2/c1-24(26)12-15-29(16-13-24)19-8-10-20(11-9-19)30-14-2-3-21(22(30)31)28-23(32)27-18-6-4-17(25)5-7-18/h4-11,21H,2-3,12-16H2,1H3,(H2,27,28,32)/t21-/m1/s1. The van der Waals surface area contributed by atoms with Gasteiger partial charge in [-0.15, -0.1) is 0 Å². The molecule has 0 radical (unpaired) electrons. The summed E-state index contributed by atoms with van der Waals surface area (Å²) < 4.78 is 14.1. The number of alkyl halides is 1. The maximum absolute atomic E-state index is 14.1. The minimum absolute atomic E-state index is 0.124. The molecule has 2 aromatic rings. The summed E-state index contributed by atoms with van der Waals surface area (Å²) in [5.41, 5.74) is 1.35. The van der Waals surface area contributed by atoms with Crippen LogP contribution in [0.4, 0.5) is 26.2 Å². The van der Waals surface area contributed by atoms with Gasteiger partial charge in [0.15, 0.2) is 0 Å². The van der Waals surface area contributed by atoms with Gasteiger partial charge in [-0.05, 0) is 81.1 Å². The van der Waals surface area contributed by atoms with Gasteiger partial charge in [-0.25, -0.2) is 9.18 Å². The second-order valence-corrected chi connectivity index (χ2v) is 9.14. The zero-order chi connectivity index (χ0) is 22.7. The van der Waals surface area contributed by atoms with Crippen LogP contribution in [-0.4, -0.2) is 43.3 Å². The average Bonchev–Trinajstić information content (AvgIpc) is 2.77. The summed E-state index contributed by atoms with van der Waals surface area (Å²) in [7, 11) is 0. The van der Waals surface area contributed by atoms with Gasteiger partial charge in [0.1, 0.15) is 11.7 Å². The number of rotatable bonds is 4. The van der Waals surface area contributed by atoms with Gasteiger partial charge in [0, 0.05) is 41.7 Å². The first-order valence-electron chi connectivity index (χ1n) is 11.0. The quantitative estimate of drug-likeness (QED) is 0.678. The molecule has 1 atom stereocenters. The highest BCUT2D eigenvalue weighted by Gasteiger charge is 2.32. The summed E-state index contributed by atoms with van der Waals surface area (Å²) in [5, 5.41) is 6.10. The van der Waals surface area contributed by atoms with Gasteiger partial charge < -0.3 is 20.4 Å². The Kier molecular flexibility index (Phi) is 6.55. The Hall–Kier alpha value is -2.80. The van der Waals surface area contributed by atoms with E-state index in [0.29, 0.717) is 49.6 Å². The Morgan fingerprint density at radius 3 is 2.31 bits per heavy atom. The molecular formula is C24H28ClFN4O2. The molecule has 2 fully saturated rings. The summed E-state index contributed by atoms with van der Waals surface area (Å²) in [6.45, 7) is 3.64. The summed E-state index contributed by atoms with van der Waals surface area (Å²) in [5.74, 6) is -0.124. The highest BCUT2D eigenvalue weighted by molar-refractivity contribution is 6.30. The molecule has 0 aliphatic carbocycles. The number of halogens is 2. The number of carbonyl (C=O) groups excluding carboxylic acids is 2. The van der Waals surface area contributed by atoms with Gasteiger partial charge in [0.05, 0.1) is 0 Å². The van der Waals surface area contributed by atoms with Crippen molar-refractivity contribution in [2.45, 2.75) is 44.3 Å². The second kappa shape index (κ2) is 9.36. The van der Waals surface area contributed by atoms with Crippen molar-refractivity contribution < 1.29 is 14.0 Å². The van der Waals surface area contributed by atoms with Crippen LogP contribution in [0, 0.1) is 0 Å². The van der Waals surface area contributed by atoms with E-state index in [-0.39, 0.29) is 5.91 Å². The van der Waals surface area contributed by atoms with Crippen LogP contribution in [0.25, 0.3) is 0 Å². The number of hydrogen-bond donors (Lipinski definition) is 2. The molecule has 32 heavy (non-hydrogen) atoms. The first-order chi connectivity index (χ1) is 15.3. The Balaban J connectivity index is 1.36. The van der Waals surface area contributed by atoms with Crippen LogP contribution in [0.5, 0.6) is 0 Å². The highest BCUT2D eigenvalue weighted by Crippen LogP contribution is 2.30. The third kappa shape index (κ3) is 5.33. The van der Waals surface area contributed by atoms with E-state index in [1.165, 1.54) is 0 Å².